The van der Waals surface area contributed by atoms with Crippen molar-refractivity contribution < 1.29 is 37.7 Å². The Labute approximate surface area is 143 Å². The van der Waals surface area contributed by atoms with E-state index in [9.17, 15) is 0 Å². The molecule has 0 aliphatic carbocycles. The van der Waals surface area contributed by atoms with Crippen LogP contribution in [-0.4, -0.2) is 32.2 Å². The Morgan fingerprint density at radius 3 is 2.42 bits per heavy atom. The maximum atomic E-state index is 3.32. The fraction of sp³-hybridized carbons (Fsp3) is 0.533. The van der Waals surface area contributed by atoms with Crippen LogP contribution in [0.2, 0.25) is 13.1 Å². The first-order valence-corrected chi connectivity index (χ1v) is 9.99. The Morgan fingerprint density at radius 1 is 1.16 bits per heavy atom. The van der Waals surface area contributed by atoms with Gasteiger partial charge in [0, 0.05) is 0 Å². The molecule has 0 spiro atoms. The zero-order chi connectivity index (χ0) is 12.1. The summed E-state index contributed by atoms with van der Waals surface area (Å²) < 4.78 is 0. The third-order valence-corrected chi connectivity index (χ3v) is 5.71. The summed E-state index contributed by atoms with van der Waals surface area (Å²) in [5.74, 6) is 0. The molecule has 0 atom stereocenters. The zero-order valence-electron chi connectivity index (χ0n) is 13.1. The Bertz CT molecular complexity index is 337. The molecule has 0 unspecified atom stereocenters. The van der Waals surface area contributed by atoms with Gasteiger partial charge in [-0.1, -0.05) is 19.5 Å². The van der Waals surface area contributed by atoms with Gasteiger partial charge in [-0.15, -0.1) is 6.07 Å². The molecule has 1 aromatic rings. The van der Waals surface area contributed by atoms with Crippen molar-refractivity contribution in [3.63, 3.8) is 0 Å². The van der Waals surface area contributed by atoms with Gasteiger partial charge in [0.15, 0.2) is 0 Å². The molecule has 0 N–H and O–H groups in total. The number of hydrogen-bond donors (Lipinski definition) is 0. The number of nitrogens with zero attached hydrogens (tertiary/aromatic N) is 1. The largest absolute Gasteiger partial charge is 1.00 e. The molecule has 0 saturated carbocycles. The van der Waals surface area contributed by atoms with E-state index in [-0.39, 0.29) is 37.7 Å². The third kappa shape index (κ3) is 7.14. The molecule has 1 saturated heterocycles. The fourth-order valence-electron chi connectivity index (χ4n) is 2.66. The summed E-state index contributed by atoms with van der Waals surface area (Å²) in [4.78, 5) is 2.66. The second-order valence-corrected chi connectivity index (χ2v) is 10.4. The second-order valence-electron chi connectivity index (χ2n) is 5.79. The summed E-state index contributed by atoms with van der Waals surface area (Å²) >= 11 is 0. The normalized spacial score (nSPS) is 16.1. The first kappa shape index (κ1) is 19.5. The average molecular weight is 259 g/mol. The monoisotopic (exact) mass is 259 g/mol. The minimum absolute atomic E-state index is 0. The first-order valence-electron chi connectivity index (χ1n) is 6.71. The van der Waals surface area contributed by atoms with Crippen molar-refractivity contribution in [3.05, 3.63) is 41.9 Å². The number of rotatable bonds is 4. The van der Waals surface area contributed by atoms with Gasteiger partial charge in [-0.05, 0) is 40.2 Å². The zero-order valence-corrected chi connectivity index (χ0v) is 14.1. The molecule has 1 fully saturated rings. The van der Waals surface area contributed by atoms with Crippen LogP contribution in [0.5, 0.6) is 0 Å². The quantitative estimate of drug-likeness (QED) is 0.421. The molecular weight excluding hydrogens is 236 g/mol. The third-order valence-electron chi connectivity index (χ3n) is 3.36. The minimum Gasteiger partial charge on any atom is -0.372 e. The molecule has 0 amide bonds. The molecule has 0 aromatic heterocycles. The van der Waals surface area contributed by atoms with Gasteiger partial charge in [0.1, 0.15) is 0 Å². The van der Waals surface area contributed by atoms with Crippen molar-refractivity contribution in [1.82, 2.24) is 4.90 Å². The Morgan fingerprint density at radius 2 is 1.84 bits per heavy atom. The van der Waals surface area contributed by atoms with Crippen LogP contribution in [-0.2, 0) is 0 Å². The van der Waals surface area contributed by atoms with E-state index in [2.05, 4.69) is 42.2 Å². The van der Waals surface area contributed by atoms with Gasteiger partial charge in [0.05, 0.1) is 0 Å². The summed E-state index contributed by atoms with van der Waals surface area (Å²) in [6, 6.07) is 14.1. The van der Waals surface area contributed by atoms with E-state index in [4.69, 9.17) is 0 Å². The summed E-state index contributed by atoms with van der Waals surface area (Å²) in [7, 11) is -1.26. The van der Waals surface area contributed by atoms with Gasteiger partial charge in [0.2, 0.25) is 0 Å². The molecule has 2 rings (SSSR count). The molecule has 1 aliphatic rings. The van der Waals surface area contributed by atoms with Gasteiger partial charge in [0.25, 0.3) is 0 Å². The summed E-state index contributed by atoms with van der Waals surface area (Å²) in [5.41, 5.74) is 1.28. The SMILES string of the molecule is C[Si](C)([CH-]c1[c-]cccc1)CN1CCCCC1.[Li+].[Li+]. The molecular formula is C15H23Li2NSi. The van der Waals surface area contributed by atoms with E-state index in [1.807, 2.05) is 12.1 Å². The van der Waals surface area contributed by atoms with E-state index < -0.39 is 8.07 Å². The van der Waals surface area contributed by atoms with Crippen LogP contribution in [0.15, 0.2) is 24.3 Å². The van der Waals surface area contributed by atoms with Crippen molar-refractivity contribution in [2.75, 3.05) is 19.3 Å². The van der Waals surface area contributed by atoms with Crippen LogP contribution in [0.4, 0.5) is 0 Å². The molecule has 1 aromatic carbocycles. The van der Waals surface area contributed by atoms with E-state index in [0.29, 0.717) is 0 Å². The van der Waals surface area contributed by atoms with Crippen LogP contribution >= 0.6 is 0 Å². The van der Waals surface area contributed by atoms with Crippen molar-refractivity contribution in [3.8, 4) is 0 Å². The summed E-state index contributed by atoms with van der Waals surface area (Å²) in [6.07, 6.45) is 5.51. The van der Waals surface area contributed by atoms with Gasteiger partial charge < -0.3 is 22.6 Å². The molecule has 1 heterocycles. The molecule has 0 radical (unpaired) electrons. The Balaban J connectivity index is 0.00000162. The van der Waals surface area contributed by atoms with E-state index >= 15 is 0 Å². The van der Waals surface area contributed by atoms with Crippen LogP contribution in [0.25, 0.3) is 0 Å². The predicted octanol–water partition coefficient (Wildman–Crippen LogP) is -2.68. The van der Waals surface area contributed by atoms with Crippen molar-refractivity contribution in [1.29, 1.82) is 0 Å². The van der Waals surface area contributed by atoms with Gasteiger partial charge in [-0.25, -0.2) is 0 Å². The first-order chi connectivity index (χ1) is 8.16. The smallest absolute Gasteiger partial charge is 0.372 e. The molecule has 4 heteroatoms. The van der Waals surface area contributed by atoms with Gasteiger partial charge in [-0.3, -0.25) is 6.07 Å². The summed E-state index contributed by atoms with van der Waals surface area (Å²) in [6.45, 7) is 7.54. The molecule has 19 heavy (non-hydrogen) atoms. The maximum Gasteiger partial charge on any atom is 1.00 e. The molecule has 1 nitrogen and oxygen atoms in total. The number of hydrogen-bond acceptors (Lipinski definition) is 1. The van der Waals surface area contributed by atoms with Crippen molar-refractivity contribution >= 4 is 8.07 Å². The van der Waals surface area contributed by atoms with Crippen LogP contribution in [0.3, 0.4) is 0 Å². The Hall–Kier alpha value is 0.462. The minimum atomic E-state index is -1.26. The standard InChI is InChI=1S/C15H23NSi.2Li/c1-17(2,13-15-9-5-3-6-10-15)14-16-11-7-4-8-12-16;;/h3,5-6,9,13H,4,7-8,11-12,14H2,1-2H3;;/q-2;2*+1. The van der Waals surface area contributed by atoms with E-state index in [1.54, 1.807) is 0 Å². The van der Waals surface area contributed by atoms with Gasteiger partial charge >= 0.3 is 37.7 Å². The van der Waals surface area contributed by atoms with Gasteiger partial charge in [-0.2, -0.15) is 12.1 Å². The Kier molecular flexibility index (Phi) is 9.64. The van der Waals surface area contributed by atoms with E-state index in [1.165, 1.54) is 44.1 Å². The van der Waals surface area contributed by atoms with Crippen LogP contribution < -0.4 is 37.7 Å². The van der Waals surface area contributed by atoms with Crippen molar-refractivity contribution in [2.45, 2.75) is 32.4 Å². The number of piperidine rings is 1. The average Bonchev–Trinajstić information content (AvgIpc) is 2.30. The molecule has 0 bridgehead atoms. The van der Waals surface area contributed by atoms with E-state index in [0.717, 1.165) is 0 Å². The van der Waals surface area contributed by atoms with Crippen LogP contribution in [0, 0.1) is 12.1 Å². The number of benzene rings is 1. The second kappa shape index (κ2) is 9.41. The molecule has 94 valence electrons. The summed E-state index contributed by atoms with van der Waals surface area (Å²) in [5, 5.41) is 0. The topological polar surface area (TPSA) is 3.24 Å². The fourth-order valence-corrected chi connectivity index (χ4v) is 5.24. The maximum absolute atomic E-state index is 3.32. The molecule has 1 aliphatic heterocycles. The van der Waals surface area contributed by atoms with Crippen molar-refractivity contribution in [2.24, 2.45) is 0 Å². The van der Waals surface area contributed by atoms with Crippen LogP contribution in [0.1, 0.15) is 24.8 Å². The number of likely N-dealkylation sites (tertiary alicyclic amines) is 1. The predicted molar refractivity (Wildman–Crippen MR) is 76.5 cm³/mol.